The number of likely N-dealkylation sites (tertiary alicyclic amines) is 1. The van der Waals surface area contributed by atoms with Gasteiger partial charge in [0, 0.05) is 23.5 Å². The highest BCUT2D eigenvalue weighted by molar-refractivity contribution is 7.11. The van der Waals surface area contributed by atoms with Crippen LogP contribution < -0.4 is 0 Å². The van der Waals surface area contributed by atoms with Crippen molar-refractivity contribution in [3.8, 4) is 0 Å². The fraction of sp³-hybridized carbons (Fsp3) is 0.412. The third kappa shape index (κ3) is 3.54. The molecule has 2 heterocycles. The van der Waals surface area contributed by atoms with Gasteiger partial charge in [-0.15, -0.1) is 11.3 Å². The molecule has 1 N–H and O–H groups in total. The van der Waals surface area contributed by atoms with Gasteiger partial charge >= 0.3 is 5.97 Å². The number of carboxylic acid groups (broad SMARTS) is 1. The molecule has 4 nitrogen and oxygen atoms in total. The van der Waals surface area contributed by atoms with Gasteiger partial charge in [0.25, 0.3) is 0 Å². The molecule has 0 atom stereocenters. The summed E-state index contributed by atoms with van der Waals surface area (Å²) in [7, 11) is 0. The normalized spacial score (nSPS) is 16.8. The first kappa shape index (κ1) is 15.2. The summed E-state index contributed by atoms with van der Waals surface area (Å²) in [6, 6.07) is 7.24. The van der Waals surface area contributed by atoms with Crippen LogP contribution in [0.25, 0.3) is 0 Å². The molecule has 116 valence electrons. The Balaban J connectivity index is 1.58. The van der Waals surface area contributed by atoms with Crippen LogP contribution in [-0.4, -0.2) is 34.0 Å². The van der Waals surface area contributed by atoms with Gasteiger partial charge in [0.1, 0.15) is 0 Å². The van der Waals surface area contributed by atoms with Gasteiger partial charge in [-0.3, -0.25) is 4.90 Å². The number of nitrogens with zero attached hydrogens (tertiary/aromatic N) is 2. The van der Waals surface area contributed by atoms with E-state index in [1.54, 1.807) is 12.1 Å². The highest BCUT2D eigenvalue weighted by atomic mass is 32.1. The lowest BCUT2D eigenvalue weighted by molar-refractivity contribution is 0.0696. The van der Waals surface area contributed by atoms with Gasteiger partial charge in [-0.05, 0) is 50.6 Å². The Morgan fingerprint density at radius 3 is 2.82 bits per heavy atom. The second kappa shape index (κ2) is 6.58. The minimum atomic E-state index is -0.861. The van der Waals surface area contributed by atoms with Gasteiger partial charge in [-0.2, -0.15) is 0 Å². The number of piperidine rings is 1. The zero-order valence-corrected chi connectivity index (χ0v) is 13.5. The van der Waals surface area contributed by atoms with E-state index in [4.69, 9.17) is 5.11 Å². The number of benzene rings is 1. The molecule has 0 aliphatic carbocycles. The highest BCUT2D eigenvalue weighted by Gasteiger charge is 2.22. The molecule has 1 aliphatic heterocycles. The van der Waals surface area contributed by atoms with Crippen molar-refractivity contribution in [3.63, 3.8) is 0 Å². The first-order valence-electron chi connectivity index (χ1n) is 7.59. The molecule has 0 radical (unpaired) electrons. The third-order valence-electron chi connectivity index (χ3n) is 4.16. The van der Waals surface area contributed by atoms with Gasteiger partial charge in [-0.25, -0.2) is 9.78 Å². The first-order chi connectivity index (χ1) is 10.6. The van der Waals surface area contributed by atoms with Crippen LogP contribution in [0.5, 0.6) is 0 Å². The number of hydrogen-bond donors (Lipinski definition) is 1. The summed E-state index contributed by atoms with van der Waals surface area (Å²) in [5.74, 6) is -0.278. The summed E-state index contributed by atoms with van der Waals surface area (Å²) in [6.07, 6.45) is 4.22. The lowest BCUT2D eigenvalue weighted by atomic mass is 9.97. The number of carbonyl (C=O) groups is 1. The fourth-order valence-electron chi connectivity index (χ4n) is 2.96. The number of rotatable bonds is 4. The molecule has 5 heteroatoms. The second-order valence-corrected chi connectivity index (χ2v) is 7.13. The predicted molar refractivity (Wildman–Crippen MR) is 87.5 cm³/mol. The van der Waals surface area contributed by atoms with E-state index in [9.17, 15) is 4.79 Å². The van der Waals surface area contributed by atoms with E-state index in [-0.39, 0.29) is 0 Å². The van der Waals surface area contributed by atoms with E-state index in [1.807, 2.05) is 29.7 Å². The number of thiazole rings is 1. The van der Waals surface area contributed by atoms with Gasteiger partial charge in [0.2, 0.25) is 0 Å². The maximum absolute atomic E-state index is 11.0. The SMILES string of the molecule is Cc1cnc(C2CCN(Cc3cccc(C(=O)O)c3)CC2)s1. The fourth-order valence-corrected chi connectivity index (χ4v) is 3.90. The average Bonchev–Trinajstić information content (AvgIpc) is 2.95. The van der Waals surface area contributed by atoms with Crippen LogP contribution in [0.4, 0.5) is 0 Å². The van der Waals surface area contributed by atoms with Crippen molar-refractivity contribution < 1.29 is 9.90 Å². The second-order valence-electron chi connectivity index (χ2n) is 5.87. The van der Waals surface area contributed by atoms with Crippen molar-refractivity contribution in [1.29, 1.82) is 0 Å². The zero-order chi connectivity index (χ0) is 15.5. The minimum Gasteiger partial charge on any atom is -0.478 e. The van der Waals surface area contributed by atoms with Crippen LogP contribution in [0.3, 0.4) is 0 Å². The summed E-state index contributed by atoms with van der Waals surface area (Å²) in [4.78, 5) is 19.2. The van der Waals surface area contributed by atoms with Crippen LogP contribution in [0.15, 0.2) is 30.5 Å². The molecule has 1 fully saturated rings. The Hall–Kier alpha value is -1.72. The lowest BCUT2D eigenvalue weighted by Crippen LogP contribution is -2.32. The first-order valence-corrected chi connectivity index (χ1v) is 8.40. The molecule has 0 spiro atoms. The van der Waals surface area contributed by atoms with Crippen molar-refractivity contribution in [1.82, 2.24) is 9.88 Å². The molecule has 1 aliphatic rings. The van der Waals surface area contributed by atoms with Crippen molar-refractivity contribution in [2.45, 2.75) is 32.2 Å². The Bertz CT molecular complexity index is 660. The number of carboxylic acids is 1. The summed E-state index contributed by atoms with van der Waals surface area (Å²) in [6.45, 7) is 5.01. The summed E-state index contributed by atoms with van der Waals surface area (Å²) in [5, 5.41) is 10.3. The Labute approximate surface area is 134 Å². The Morgan fingerprint density at radius 2 is 2.18 bits per heavy atom. The van der Waals surface area contributed by atoms with E-state index in [0.717, 1.165) is 38.0 Å². The standard InChI is InChI=1S/C17H20N2O2S/c1-12-10-18-16(22-12)14-5-7-19(8-6-14)11-13-3-2-4-15(9-13)17(20)21/h2-4,9-10,14H,5-8,11H2,1H3,(H,20,21). The van der Waals surface area contributed by atoms with E-state index in [2.05, 4.69) is 16.8 Å². The molecular formula is C17H20N2O2S. The Kier molecular flexibility index (Phi) is 4.55. The molecule has 0 amide bonds. The molecule has 0 bridgehead atoms. The Morgan fingerprint density at radius 1 is 1.41 bits per heavy atom. The van der Waals surface area contributed by atoms with Crippen LogP contribution in [0.2, 0.25) is 0 Å². The predicted octanol–water partition coefficient (Wildman–Crippen LogP) is 3.53. The molecule has 0 saturated carbocycles. The summed E-state index contributed by atoms with van der Waals surface area (Å²) >= 11 is 1.81. The number of aromatic nitrogens is 1. The van der Waals surface area contributed by atoms with E-state index < -0.39 is 5.97 Å². The van der Waals surface area contributed by atoms with Gasteiger partial charge < -0.3 is 5.11 Å². The number of aryl methyl sites for hydroxylation is 1. The number of aromatic carboxylic acids is 1. The quantitative estimate of drug-likeness (QED) is 0.937. The number of hydrogen-bond acceptors (Lipinski definition) is 4. The molecule has 22 heavy (non-hydrogen) atoms. The van der Waals surface area contributed by atoms with Gasteiger partial charge in [0.05, 0.1) is 10.6 Å². The topological polar surface area (TPSA) is 53.4 Å². The molecule has 1 aromatic heterocycles. The lowest BCUT2D eigenvalue weighted by Gasteiger charge is -2.31. The van der Waals surface area contributed by atoms with Crippen LogP contribution in [-0.2, 0) is 6.54 Å². The van der Waals surface area contributed by atoms with Crippen LogP contribution in [0, 0.1) is 6.92 Å². The maximum atomic E-state index is 11.0. The molecule has 1 aromatic carbocycles. The average molecular weight is 316 g/mol. The molecule has 3 rings (SSSR count). The van der Waals surface area contributed by atoms with Crippen molar-refractivity contribution in [2.75, 3.05) is 13.1 Å². The molecule has 2 aromatic rings. The monoisotopic (exact) mass is 316 g/mol. The third-order valence-corrected chi connectivity index (χ3v) is 5.23. The van der Waals surface area contributed by atoms with Gasteiger partial charge in [-0.1, -0.05) is 12.1 Å². The highest BCUT2D eigenvalue weighted by Crippen LogP contribution is 2.31. The minimum absolute atomic E-state index is 0.366. The van der Waals surface area contributed by atoms with Crippen molar-refractivity contribution >= 4 is 17.3 Å². The van der Waals surface area contributed by atoms with Crippen LogP contribution >= 0.6 is 11.3 Å². The van der Waals surface area contributed by atoms with Gasteiger partial charge in [0.15, 0.2) is 0 Å². The molecular weight excluding hydrogens is 296 g/mol. The smallest absolute Gasteiger partial charge is 0.335 e. The summed E-state index contributed by atoms with van der Waals surface area (Å²) in [5.41, 5.74) is 1.44. The maximum Gasteiger partial charge on any atom is 0.335 e. The van der Waals surface area contributed by atoms with E-state index in [0.29, 0.717) is 11.5 Å². The van der Waals surface area contributed by atoms with Crippen molar-refractivity contribution in [3.05, 3.63) is 51.5 Å². The largest absolute Gasteiger partial charge is 0.478 e. The van der Waals surface area contributed by atoms with E-state index >= 15 is 0 Å². The van der Waals surface area contributed by atoms with E-state index in [1.165, 1.54) is 9.88 Å². The zero-order valence-electron chi connectivity index (χ0n) is 12.7. The van der Waals surface area contributed by atoms with Crippen LogP contribution in [0.1, 0.15) is 44.6 Å². The molecule has 0 unspecified atom stereocenters. The molecule has 1 saturated heterocycles. The van der Waals surface area contributed by atoms with Crippen molar-refractivity contribution in [2.24, 2.45) is 0 Å². The summed E-state index contributed by atoms with van der Waals surface area (Å²) < 4.78 is 0.